The van der Waals surface area contributed by atoms with Crippen LogP contribution < -0.4 is 5.32 Å². The summed E-state index contributed by atoms with van der Waals surface area (Å²) in [5.41, 5.74) is 4.73. The van der Waals surface area contributed by atoms with Crippen molar-refractivity contribution in [3.05, 3.63) is 34.4 Å². The second-order valence-corrected chi connectivity index (χ2v) is 3.80. The maximum absolute atomic E-state index is 10.9. The number of nitrogens with one attached hydrogen (secondary N) is 1. The van der Waals surface area contributed by atoms with E-state index >= 15 is 0 Å². The summed E-state index contributed by atoms with van der Waals surface area (Å²) in [5, 5.41) is 11.2. The van der Waals surface area contributed by atoms with Gasteiger partial charge in [0, 0.05) is 6.54 Å². The molecule has 0 bridgehead atoms. The highest BCUT2D eigenvalue weighted by atomic mass is 16.3. The van der Waals surface area contributed by atoms with Gasteiger partial charge in [0.2, 0.25) is 5.91 Å². The molecule has 1 aromatic carbocycles. The molecule has 0 spiro atoms. The molecular weight excluding hydrogens is 190 g/mol. The molecule has 0 fully saturated rings. The van der Waals surface area contributed by atoms with Gasteiger partial charge in [-0.2, -0.15) is 0 Å². The Hall–Kier alpha value is -1.35. The average molecular weight is 207 g/mol. The van der Waals surface area contributed by atoms with Gasteiger partial charge in [-0.25, -0.2) is 0 Å². The van der Waals surface area contributed by atoms with Crippen LogP contribution >= 0.6 is 0 Å². The van der Waals surface area contributed by atoms with Crippen LogP contribution in [0.2, 0.25) is 0 Å². The molecule has 0 heterocycles. The molecule has 1 aromatic rings. The van der Waals surface area contributed by atoms with Crippen LogP contribution in [-0.2, 0) is 11.3 Å². The predicted octanol–water partition coefficient (Wildman–Crippen LogP) is 1.22. The van der Waals surface area contributed by atoms with Gasteiger partial charge >= 0.3 is 0 Å². The van der Waals surface area contributed by atoms with Crippen molar-refractivity contribution in [2.45, 2.75) is 27.3 Å². The Balaban J connectivity index is 2.77. The number of hydrogen-bond acceptors (Lipinski definition) is 2. The molecule has 82 valence electrons. The summed E-state index contributed by atoms with van der Waals surface area (Å²) >= 11 is 0. The summed E-state index contributed by atoms with van der Waals surface area (Å²) in [5.74, 6) is -0.340. The number of carbonyl (C=O) groups is 1. The Morgan fingerprint density at radius 2 is 1.80 bits per heavy atom. The standard InChI is InChI=1S/C12H17NO2/c1-8-4-10(3)11(5-9(8)2)6-13-12(15)7-14/h4-5,14H,6-7H2,1-3H3,(H,13,15). The van der Waals surface area contributed by atoms with Gasteiger partial charge in [0.1, 0.15) is 6.61 Å². The van der Waals surface area contributed by atoms with Gasteiger partial charge in [-0.05, 0) is 43.0 Å². The van der Waals surface area contributed by atoms with Crippen LogP contribution in [0.3, 0.4) is 0 Å². The van der Waals surface area contributed by atoms with Crippen LogP contribution in [0.4, 0.5) is 0 Å². The highest BCUT2D eigenvalue weighted by Gasteiger charge is 2.03. The zero-order valence-electron chi connectivity index (χ0n) is 9.42. The first kappa shape index (κ1) is 11.7. The summed E-state index contributed by atoms with van der Waals surface area (Å²) in [6, 6.07) is 4.18. The van der Waals surface area contributed by atoms with E-state index in [1.807, 2.05) is 13.8 Å². The van der Waals surface area contributed by atoms with E-state index in [9.17, 15) is 4.79 Å². The molecular formula is C12H17NO2. The number of benzene rings is 1. The number of aryl methyl sites for hydroxylation is 3. The molecule has 1 rings (SSSR count). The summed E-state index contributed by atoms with van der Waals surface area (Å²) in [6.45, 7) is 6.16. The third-order valence-electron chi connectivity index (χ3n) is 2.57. The van der Waals surface area contributed by atoms with E-state index in [2.05, 4.69) is 24.4 Å². The fourth-order valence-corrected chi connectivity index (χ4v) is 1.46. The van der Waals surface area contributed by atoms with E-state index in [1.165, 1.54) is 11.1 Å². The molecule has 0 atom stereocenters. The maximum Gasteiger partial charge on any atom is 0.245 e. The third-order valence-corrected chi connectivity index (χ3v) is 2.57. The van der Waals surface area contributed by atoms with Crippen LogP contribution in [0.25, 0.3) is 0 Å². The molecule has 0 unspecified atom stereocenters. The zero-order valence-corrected chi connectivity index (χ0v) is 9.42. The number of carbonyl (C=O) groups excluding carboxylic acids is 1. The number of amides is 1. The second-order valence-electron chi connectivity index (χ2n) is 3.80. The van der Waals surface area contributed by atoms with Crippen molar-refractivity contribution in [3.8, 4) is 0 Å². The Morgan fingerprint density at radius 3 is 2.40 bits per heavy atom. The summed E-state index contributed by atoms with van der Waals surface area (Å²) in [6.07, 6.45) is 0. The van der Waals surface area contributed by atoms with Crippen molar-refractivity contribution in [3.63, 3.8) is 0 Å². The second kappa shape index (κ2) is 4.94. The van der Waals surface area contributed by atoms with Crippen molar-refractivity contribution in [2.75, 3.05) is 6.61 Å². The molecule has 0 aliphatic rings. The Morgan fingerprint density at radius 1 is 1.20 bits per heavy atom. The van der Waals surface area contributed by atoms with Crippen molar-refractivity contribution >= 4 is 5.91 Å². The van der Waals surface area contributed by atoms with Gasteiger partial charge in [-0.3, -0.25) is 4.79 Å². The van der Waals surface area contributed by atoms with Gasteiger partial charge in [-0.1, -0.05) is 12.1 Å². The molecule has 3 nitrogen and oxygen atoms in total. The maximum atomic E-state index is 10.9. The number of aliphatic hydroxyl groups excluding tert-OH is 1. The van der Waals surface area contributed by atoms with E-state index < -0.39 is 6.61 Å². The lowest BCUT2D eigenvalue weighted by molar-refractivity contribution is -0.123. The molecule has 15 heavy (non-hydrogen) atoms. The molecule has 0 aliphatic heterocycles. The highest BCUT2D eigenvalue weighted by molar-refractivity contribution is 5.76. The first-order valence-electron chi connectivity index (χ1n) is 4.99. The van der Waals surface area contributed by atoms with Gasteiger partial charge in [0.15, 0.2) is 0 Å². The highest BCUT2D eigenvalue weighted by Crippen LogP contribution is 2.14. The first-order chi connectivity index (χ1) is 7.04. The normalized spacial score (nSPS) is 10.1. The third kappa shape index (κ3) is 3.06. The van der Waals surface area contributed by atoms with Crippen molar-refractivity contribution in [1.29, 1.82) is 0 Å². The molecule has 0 aliphatic carbocycles. The average Bonchev–Trinajstić information content (AvgIpc) is 2.21. The van der Waals surface area contributed by atoms with Crippen molar-refractivity contribution < 1.29 is 9.90 Å². The Kier molecular flexibility index (Phi) is 3.86. The van der Waals surface area contributed by atoms with Crippen LogP contribution in [0.5, 0.6) is 0 Å². The van der Waals surface area contributed by atoms with E-state index in [0.29, 0.717) is 6.54 Å². The van der Waals surface area contributed by atoms with Gasteiger partial charge in [0.25, 0.3) is 0 Å². The minimum absolute atomic E-state index is 0.340. The molecule has 0 saturated heterocycles. The van der Waals surface area contributed by atoms with Crippen molar-refractivity contribution in [2.24, 2.45) is 0 Å². The molecule has 0 saturated carbocycles. The topological polar surface area (TPSA) is 49.3 Å². The molecule has 3 heteroatoms. The van der Waals surface area contributed by atoms with Crippen LogP contribution in [0.1, 0.15) is 22.3 Å². The minimum atomic E-state index is -0.454. The Bertz CT molecular complexity index is 372. The van der Waals surface area contributed by atoms with Gasteiger partial charge in [-0.15, -0.1) is 0 Å². The first-order valence-corrected chi connectivity index (χ1v) is 4.99. The van der Waals surface area contributed by atoms with Gasteiger partial charge in [0.05, 0.1) is 0 Å². The van der Waals surface area contributed by atoms with E-state index in [1.54, 1.807) is 0 Å². The SMILES string of the molecule is Cc1cc(C)c(CNC(=O)CO)cc1C. The summed E-state index contributed by atoms with van der Waals surface area (Å²) in [4.78, 5) is 10.9. The molecule has 0 aromatic heterocycles. The monoisotopic (exact) mass is 207 g/mol. The molecule has 2 N–H and O–H groups in total. The van der Waals surface area contributed by atoms with E-state index in [-0.39, 0.29) is 5.91 Å². The minimum Gasteiger partial charge on any atom is -0.387 e. The predicted molar refractivity (Wildman–Crippen MR) is 59.6 cm³/mol. The fraction of sp³-hybridized carbons (Fsp3) is 0.417. The van der Waals surface area contributed by atoms with E-state index in [0.717, 1.165) is 11.1 Å². The lowest BCUT2D eigenvalue weighted by atomic mass is 10.0. The van der Waals surface area contributed by atoms with Crippen LogP contribution in [0.15, 0.2) is 12.1 Å². The fourth-order valence-electron chi connectivity index (χ4n) is 1.46. The lowest BCUT2D eigenvalue weighted by Gasteiger charge is -2.10. The van der Waals surface area contributed by atoms with Crippen molar-refractivity contribution in [1.82, 2.24) is 5.32 Å². The number of hydrogen-bond donors (Lipinski definition) is 2. The smallest absolute Gasteiger partial charge is 0.245 e. The largest absolute Gasteiger partial charge is 0.387 e. The zero-order chi connectivity index (χ0) is 11.4. The van der Waals surface area contributed by atoms with Crippen LogP contribution in [-0.4, -0.2) is 17.6 Å². The number of aliphatic hydroxyl groups is 1. The van der Waals surface area contributed by atoms with E-state index in [4.69, 9.17) is 5.11 Å². The molecule has 1 amide bonds. The lowest BCUT2D eigenvalue weighted by Crippen LogP contribution is -2.25. The summed E-state index contributed by atoms with van der Waals surface area (Å²) < 4.78 is 0. The number of rotatable bonds is 3. The summed E-state index contributed by atoms with van der Waals surface area (Å²) in [7, 11) is 0. The quantitative estimate of drug-likeness (QED) is 0.783. The molecule has 0 radical (unpaired) electrons. The van der Waals surface area contributed by atoms with Gasteiger partial charge < -0.3 is 10.4 Å². The van der Waals surface area contributed by atoms with Crippen LogP contribution in [0, 0.1) is 20.8 Å². The Labute approximate surface area is 90.1 Å².